The largest absolute Gasteiger partial charge is 0.492 e. The predicted octanol–water partition coefficient (Wildman–Crippen LogP) is 4.64. The van der Waals surface area contributed by atoms with Gasteiger partial charge in [-0.15, -0.1) is 0 Å². The molecular weight excluding hydrogens is 346 g/mol. The molecule has 0 aromatic carbocycles. The van der Waals surface area contributed by atoms with Crippen LogP contribution in [0.3, 0.4) is 0 Å². The summed E-state index contributed by atoms with van der Waals surface area (Å²) in [7, 11) is 0. The molecule has 6 heteroatoms. The van der Waals surface area contributed by atoms with Gasteiger partial charge in [0.15, 0.2) is 5.13 Å². The second-order valence-corrected chi connectivity index (χ2v) is 10.1. The molecule has 0 aliphatic heterocycles. The average Bonchev–Trinajstić information content (AvgIpc) is 2.84. The number of rotatable bonds is 6. The highest BCUT2D eigenvalue weighted by Crippen LogP contribution is 2.64. The summed E-state index contributed by atoms with van der Waals surface area (Å²) >= 11 is 1.42. The van der Waals surface area contributed by atoms with Crippen LogP contribution in [0.1, 0.15) is 83.9 Å². The van der Waals surface area contributed by atoms with Crippen molar-refractivity contribution < 1.29 is 9.90 Å². The number of nitrogens with one attached hydrogen (secondary N) is 2. The zero-order valence-electron chi connectivity index (χ0n) is 16.7. The lowest BCUT2D eigenvalue weighted by atomic mass is 9.94. The molecule has 1 atom stereocenters. The van der Waals surface area contributed by atoms with Crippen LogP contribution in [0.15, 0.2) is 0 Å². The number of thiazole rings is 1. The van der Waals surface area contributed by atoms with E-state index in [0.717, 1.165) is 12.8 Å². The van der Waals surface area contributed by atoms with Gasteiger partial charge >= 0.3 is 0 Å². The molecule has 3 rings (SSSR count). The van der Waals surface area contributed by atoms with Crippen molar-refractivity contribution in [2.75, 3.05) is 5.32 Å². The number of aromatic nitrogens is 1. The molecule has 1 aromatic heterocycles. The first-order valence-corrected chi connectivity index (χ1v) is 10.8. The van der Waals surface area contributed by atoms with E-state index in [9.17, 15) is 9.90 Å². The number of hydrogen-bond acceptors (Lipinski definition) is 5. The number of carbonyl (C=O) groups excluding carboxylic acids is 1. The third-order valence-electron chi connectivity index (χ3n) is 6.92. The lowest BCUT2D eigenvalue weighted by molar-refractivity contribution is -0.123. The Morgan fingerprint density at radius 1 is 1.23 bits per heavy atom. The van der Waals surface area contributed by atoms with Crippen molar-refractivity contribution in [2.45, 2.75) is 91.1 Å². The van der Waals surface area contributed by atoms with Crippen molar-refractivity contribution in [1.29, 1.82) is 0 Å². The summed E-state index contributed by atoms with van der Waals surface area (Å²) in [4.78, 5) is 17.8. The lowest BCUT2D eigenvalue weighted by Gasteiger charge is -2.24. The standard InChI is InChI=1S/C20H33N3O2S/c1-6-13(15(24)21-12-10-8-7-9-11-12)14-16(25)22-18(26-14)23-17-19(2,3)20(17,4)5/h12-13,17,25H,6-11H2,1-5H3,(H,21,24)(H,22,23). The van der Waals surface area contributed by atoms with Crippen molar-refractivity contribution in [3.63, 3.8) is 0 Å². The van der Waals surface area contributed by atoms with E-state index in [2.05, 4.69) is 43.3 Å². The minimum absolute atomic E-state index is 0.000550. The maximum Gasteiger partial charge on any atom is 0.228 e. The molecule has 1 aromatic rings. The monoisotopic (exact) mass is 379 g/mol. The lowest BCUT2D eigenvalue weighted by Crippen LogP contribution is -2.38. The molecule has 2 aliphatic rings. The van der Waals surface area contributed by atoms with E-state index in [1.807, 2.05) is 6.92 Å². The SMILES string of the molecule is CCC(C(=O)NC1CCCCC1)c1sc(NC2C(C)(C)C2(C)C)nc1O. The smallest absolute Gasteiger partial charge is 0.228 e. The van der Waals surface area contributed by atoms with Crippen molar-refractivity contribution in [3.05, 3.63) is 4.88 Å². The van der Waals surface area contributed by atoms with Crippen LogP contribution >= 0.6 is 11.3 Å². The third-order valence-corrected chi connectivity index (χ3v) is 8.01. The Kier molecular flexibility index (Phi) is 5.26. The number of hydrogen-bond donors (Lipinski definition) is 3. The second kappa shape index (κ2) is 7.02. The Morgan fingerprint density at radius 2 is 1.85 bits per heavy atom. The Balaban J connectivity index is 1.69. The zero-order valence-corrected chi connectivity index (χ0v) is 17.5. The van der Waals surface area contributed by atoms with Crippen molar-refractivity contribution >= 4 is 22.4 Å². The minimum atomic E-state index is -0.329. The van der Waals surface area contributed by atoms with Crippen molar-refractivity contribution in [2.24, 2.45) is 10.8 Å². The van der Waals surface area contributed by atoms with Crippen molar-refractivity contribution in [1.82, 2.24) is 10.3 Å². The molecule has 146 valence electrons. The van der Waals surface area contributed by atoms with E-state index in [4.69, 9.17) is 0 Å². The summed E-state index contributed by atoms with van der Waals surface area (Å²) in [6.07, 6.45) is 6.43. The molecule has 0 radical (unpaired) electrons. The maximum atomic E-state index is 12.8. The molecule has 0 saturated heterocycles. The zero-order chi connectivity index (χ0) is 19.1. The van der Waals surface area contributed by atoms with Crippen LogP contribution in [0.5, 0.6) is 5.88 Å². The molecule has 2 fully saturated rings. The van der Waals surface area contributed by atoms with Gasteiger partial charge in [0, 0.05) is 12.1 Å². The molecule has 2 aliphatic carbocycles. The van der Waals surface area contributed by atoms with Crippen LogP contribution in [0.2, 0.25) is 0 Å². The van der Waals surface area contributed by atoms with Gasteiger partial charge in [0.1, 0.15) is 0 Å². The fraction of sp³-hybridized carbons (Fsp3) is 0.800. The van der Waals surface area contributed by atoms with Crippen LogP contribution in [-0.4, -0.2) is 28.1 Å². The van der Waals surface area contributed by atoms with E-state index >= 15 is 0 Å². The van der Waals surface area contributed by atoms with Gasteiger partial charge in [-0.2, -0.15) is 4.98 Å². The number of amides is 1. The summed E-state index contributed by atoms with van der Waals surface area (Å²) in [5, 5.41) is 17.7. The third kappa shape index (κ3) is 3.45. The molecule has 2 saturated carbocycles. The topological polar surface area (TPSA) is 74.2 Å². The predicted molar refractivity (Wildman–Crippen MR) is 107 cm³/mol. The number of aromatic hydroxyl groups is 1. The van der Waals surface area contributed by atoms with Gasteiger partial charge in [-0.1, -0.05) is 65.2 Å². The van der Waals surface area contributed by atoms with E-state index < -0.39 is 0 Å². The molecule has 0 bridgehead atoms. The first-order chi connectivity index (χ1) is 12.2. The molecule has 1 heterocycles. The highest BCUT2D eigenvalue weighted by atomic mass is 32.1. The summed E-state index contributed by atoms with van der Waals surface area (Å²) < 4.78 is 0. The number of anilines is 1. The fourth-order valence-electron chi connectivity index (χ4n) is 4.33. The van der Waals surface area contributed by atoms with E-state index in [0.29, 0.717) is 22.5 Å². The number of carbonyl (C=O) groups is 1. The average molecular weight is 380 g/mol. The van der Waals surface area contributed by atoms with Gasteiger partial charge in [0.2, 0.25) is 11.8 Å². The first-order valence-electron chi connectivity index (χ1n) is 9.95. The number of nitrogens with zero attached hydrogens (tertiary/aromatic N) is 1. The van der Waals surface area contributed by atoms with Crippen LogP contribution in [0, 0.1) is 10.8 Å². The van der Waals surface area contributed by atoms with Gasteiger partial charge in [-0.25, -0.2) is 0 Å². The van der Waals surface area contributed by atoms with Crippen LogP contribution < -0.4 is 10.6 Å². The molecular formula is C20H33N3O2S. The minimum Gasteiger partial charge on any atom is -0.492 e. The molecule has 3 N–H and O–H groups in total. The fourth-order valence-corrected chi connectivity index (χ4v) is 5.40. The summed E-state index contributed by atoms with van der Waals surface area (Å²) in [6, 6.07) is 0.607. The van der Waals surface area contributed by atoms with Gasteiger partial charge in [0.05, 0.1) is 10.8 Å². The molecule has 0 spiro atoms. The van der Waals surface area contributed by atoms with Gasteiger partial charge < -0.3 is 15.7 Å². The quantitative estimate of drug-likeness (QED) is 0.673. The Morgan fingerprint density at radius 3 is 2.38 bits per heavy atom. The maximum absolute atomic E-state index is 12.8. The molecule has 5 nitrogen and oxygen atoms in total. The highest BCUT2D eigenvalue weighted by Gasteiger charge is 2.65. The van der Waals surface area contributed by atoms with Crippen LogP contribution in [0.4, 0.5) is 5.13 Å². The van der Waals surface area contributed by atoms with E-state index in [-0.39, 0.29) is 34.6 Å². The Hall–Kier alpha value is -1.30. The second-order valence-electron chi connectivity index (χ2n) is 9.03. The van der Waals surface area contributed by atoms with Gasteiger partial charge in [-0.3, -0.25) is 4.79 Å². The van der Waals surface area contributed by atoms with Crippen LogP contribution in [0.25, 0.3) is 0 Å². The summed E-state index contributed by atoms with van der Waals surface area (Å²) in [5.41, 5.74) is 0.383. The van der Waals surface area contributed by atoms with E-state index in [1.54, 1.807) is 0 Å². The van der Waals surface area contributed by atoms with Crippen LogP contribution in [-0.2, 0) is 4.79 Å². The first kappa shape index (κ1) is 19.5. The van der Waals surface area contributed by atoms with E-state index in [1.165, 1.54) is 30.6 Å². The molecule has 1 unspecified atom stereocenters. The molecule has 1 amide bonds. The summed E-state index contributed by atoms with van der Waals surface area (Å²) in [5.74, 6) is -0.304. The summed E-state index contributed by atoms with van der Waals surface area (Å²) in [6.45, 7) is 11.0. The normalized spacial score (nSPS) is 23.4. The van der Waals surface area contributed by atoms with Crippen molar-refractivity contribution in [3.8, 4) is 5.88 Å². The Labute approximate surface area is 161 Å². The molecule has 26 heavy (non-hydrogen) atoms. The van der Waals surface area contributed by atoms with Gasteiger partial charge in [0.25, 0.3) is 0 Å². The Bertz CT molecular complexity index is 648. The highest BCUT2D eigenvalue weighted by molar-refractivity contribution is 7.16. The van der Waals surface area contributed by atoms with Gasteiger partial charge in [-0.05, 0) is 30.1 Å².